The standard InChI is InChI=1S/C13H16N4O4/c1-21-12-4-2-3-8(15-12)10(18)7-14-13(20)9-5-6-11(19)17-16-9/h2-4,10,18H,5-7H2,1H3,(H,14,20)(H,17,19). The van der Waals surface area contributed by atoms with Crippen molar-refractivity contribution in [3.05, 3.63) is 23.9 Å². The number of carbonyl (C=O) groups is 2. The zero-order valence-electron chi connectivity index (χ0n) is 11.5. The van der Waals surface area contributed by atoms with Crippen LogP contribution in [0, 0.1) is 0 Å². The minimum atomic E-state index is -0.956. The summed E-state index contributed by atoms with van der Waals surface area (Å²) in [5.41, 5.74) is 2.88. The molecule has 0 bridgehead atoms. The van der Waals surface area contributed by atoms with Gasteiger partial charge in [0.15, 0.2) is 0 Å². The van der Waals surface area contributed by atoms with Crippen LogP contribution in [0.25, 0.3) is 0 Å². The number of carbonyl (C=O) groups excluding carboxylic acids is 2. The number of rotatable bonds is 5. The van der Waals surface area contributed by atoms with Gasteiger partial charge in [0, 0.05) is 25.5 Å². The third-order valence-electron chi connectivity index (χ3n) is 2.92. The number of hydrazone groups is 1. The first-order valence-electron chi connectivity index (χ1n) is 6.42. The molecule has 1 aromatic heterocycles. The first-order valence-corrected chi connectivity index (χ1v) is 6.42. The molecule has 0 aliphatic carbocycles. The molecule has 2 amide bonds. The number of aliphatic hydroxyl groups is 1. The Bertz CT molecular complexity index is 573. The molecule has 1 atom stereocenters. The Balaban J connectivity index is 1.90. The summed E-state index contributed by atoms with van der Waals surface area (Å²) < 4.78 is 4.97. The second kappa shape index (κ2) is 6.80. The van der Waals surface area contributed by atoms with Crippen LogP contribution in [0.4, 0.5) is 0 Å². The van der Waals surface area contributed by atoms with Gasteiger partial charge in [-0.25, -0.2) is 10.4 Å². The summed E-state index contributed by atoms with van der Waals surface area (Å²) in [6, 6.07) is 5.00. The van der Waals surface area contributed by atoms with E-state index in [4.69, 9.17) is 4.74 Å². The second-order valence-corrected chi connectivity index (χ2v) is 4.42. The maximum atomic E-state index is 11.8. The average molecular weight is 292 g/mol. The Morgan fingerprint density at radius 2 is 2.33 bits per heavy atom. The minimum Gasteiger partial charge on any atom is -0.481 e. The van der Waals surface area contributed by atoms with Crippen LogP contribution in [-0.2, 0) is 9.59 Å². The van der Waals surface area contributed by atoms with Gasteiger partial charge in [-0.3, -0.25) is 9.59 Å². The van der Waals surface area contributed by atoms with E-state index in [-0.39, 0.29) is 31.0 Å². The topological polar surface area (TPSA) is 113 Å². The van der Waals surface area contributed by atoms with E-state index in [2.05, 4.69) is 20.8 Å². The van der Waals surface area contributed by atoms with Crippen molar-refractivity contribution in [1.29, 1.82) is 0 Å². The molecule has 1 aliphatic rings. The average Bonchev–Trinajstić information content (AvgIpc) is 2.53. The highest BCUT2D eigenvalue weighted by molar-refractivity contribution is 6.39. The Morgan fingerprint density at radius 1 is 1.52 bits per heavy atom. The van der Waals surface area contributed by atoms with Crippen molar-refractivity contribution in [2.75, 3.05) is 13.7 Å². The van der Waals surface area contributed by atoms with E-state index in [0.717, 1.165) is 0 Å². The fourth-order valence-electron chi connectivity index (χ4n) is 1.76. The summed E-state index contributed by atoms with van der Waals surface area (Å²) >= 11 is 0. The molecular weight excluding hydrogens is 276 g/mol. The van der Waals surface area contributed by atoms with Crippen LogP contribution >= 0.6 is 0 Å². The van der Waals surface area contributed by atoms with Crippen LogP contribution in [0.3, 0.4) is 0 Å². The summed E-state index contributed by atoms with van der Waals surface area (Å²) in [5.74, 6) is -0.249. The van der Waals surface area contributed by atoms with Crippen LogP contribution in [0.5, 0.6) is 5.88 Å². The molecule has 112 valence electrons. The molecule has 0 fully saturated rings. The molecule has 8 heteroatoms. The first kappa shape index (κ1) is 14.9. The SMILES string of the molecule is COc1cccc(C(O)CNC(=O)C2=NNC(=O)CC2)n1. The van der Waals surface area contributed by atoms with E-state index in [1.165, 1.54) is 7.11 Å². The zero-order chi connectivity index (χ0) is 15.2. The number of pyridine rings is 1. The normalized spacial score (nSPS) is 15.7. The summed E-state index contributed by atoms with van der Waals surface area (Å²) in [6.45, 7) is -0.00797. The summed E-state index contributed by atoms with van der Waals surface area (Å²) in [4.78, 5) is 26.8. The fraction of sp³-hybridized carbons (Fsp3) is 0.385. The predicted molar refractivity (Wildman–Crippen MR) is 73.6 cm³/mol. The van der Waals surface area contributed by atoms with Crippen molar-refractivity contribution in [1.82, 2.24) is 15.7 Å². The number of hydrogen-bond donors (Lipinski definition) is 3. The third kappa shape index (κ3) is 3.99. The number of amides is 2. The minimum absolute atomic E-state index is 0.00797. The fourth-order valence-corrected chi connectivity index (χ4v) is 1.76. The van der Waals surface area contributed by atoms with E-state index in [1.54, 1.807) is 18.2 Å². The Kier molecular flexibility index (Phi) is 4.83. The Labute approximate surface area is 121 Å². The van der Waals surface area contributed by atoms with Crippen molar-refractivity contribution in [2.45, 2.75) is 18.9 Å². The lowest BCUT2D eigenvalue weighted by Gasteiger charge is -2.14. The van der Waals surface area contributed by atoms with E-state index >= 15 is 0 Å². The van der Waals surface area contributed by atoms with Crippen LogP contribution in [0.1, 0.15) is 24.6 Å². The number of hydrogen-bond acceptors (Lipinski definition) is 6. The molecule has 3 N–H and O–H groups in total. The molecule has 8 nitrogen and oxygen atoms in total. The smallest absolute Gasteiger partial charge is 0.267 e. The number of methoxy groups -OCH3 is 1. The highest BCUT2D eigenvalue weighted by Gasteiger charge is 2.19. The van der Waals surface area contributed by atoms with Gasteiger partial charge in [-0.15, -0.1) is 0 Å². The van der Waals surface area contributed by atoms with Gasteiger partial charge in [0.25, 0.3) is 5.91 Å². The van der Waals surface area contributed by atoms with Gasteiger partial charge >= 0.3 is 0 Å². The van der Waals surface area contributed by atoms with Crippen LogP contribution < -0.4 is 15.5 Å². The van der Waals surface area contributed by atoms with Crippen molar-refractivity contribution in [3.8, 4) is 5.88 Å². The predicted octanol–water partition coefficient (Wildman–Crippen LogP) is -0.494. The van der Waals surface area contributed by atoms with Gasteiger partial charge in [0.05, 0.1) is 12.8 Å². The lowest BCUT2D eigenvalue weighted by molar-refractivity contribution is -0.121. The quantitative estimate of drug-likeness (QED) is 0.677. The molecule has 0 aromatic carbocycles. The van der Waals surface area contributed by atoms with E-state index in [9.17, 15) is 14.7 Å². The van der Waals surface area contributed by atoms with Crippen molar-refractivity contribution < 1.29 is 19.4 Å². The number of nitrogens with zero attached hydrogens (tertiary/aromatic N) is 2. The summed E-state index contributed by atoms with van der Waals surface area (Å²) in [5, 5.41) is 16.2. The maximum absolute atomic E-state index is 11.8. The van der Waals surface area contributed by atoms with Crippen molar-refractivity contribution in [2.24, 2.45) is 5.10 Å². The van der Waals surface area contributed by atoms with Crippen LogP contribution in [-0.4, -0.2) is 41.3 Å². The van der Waals surface area contributed by atoms with E-state index in [0.29, 0.717) is 11.6 Å². The molecule has 2 rings (SSSR count). The molecule has 21 heavy (non-hydrogen) atoms. The van der Waals surface area contributed by atoms with Gasteiger partial charge in [-0.05, 0) is 6.07 Å². The molecule has 1 aromatic rings. The second-order valence-electron chi connectivity index (χ2n) is 4.42. The first-order chi connectivity index (χ1) is 10.1. The molecule has 1 aliphatic heterocycles. The molecule has 2 heterocycles. The van der Waals surface area contributed by atoms with Gasteiger partial charge in [0.2, 0.25) is 11.8 Å². The molecule has 0 saturated carbocycles. The van der Waals surface area contributed by atoms with E-state index < -0.39 is 12.0 Å². The molecular formula is C13H16N4O4. The largest absolute Gasteiger partial charge is 0.481 e. The van der Waals surface area contributed by atoms with Gasteiger partial charge in [0.1, 0.15) is 11.8 Å². The highest BCUT2D eigenvalue weighted by Crippen LogP contribution is 2.13. The monoisotopic (exact) mass is 292 g/mol. The summed E-state index contributed by atoms with van der Waals surface area (Å²) in [7, 11) is 1.48. The van der Waals surface area contributed by atoms with Crippen LogP contribution in [0.15, 0.2) is 23.3 Å². The number of nitrogens with one attached hydrogen (secondary N) is 2. The van der Waals surface area contributed by atoms with Gasteiger partial charge in [-0.2, -0.15) is 5.10 Å². The Hall–Kier alpha value is -2.48. The van der Waals surface area contributed by atoms with E-state index in [1.807, 2.05) is 0 Å². The summed E-state index contributed by atoms with van der Waals surface area (Å²) in [6.07, 6.45) is -0.444. The number of aromatic nitrogens is 1. The molecule has 0 spiro atoms. The highest BCUT2D eigenvalue weighted by atomic mass is 16.5. The third-order valence-corrected chi connectivity index (χ3v) is 2.92. The lowest BCUT2D eigenvalue weighted by Crippen LogP contribution is -2.38. The Morgan fingerprint density at radius 3 is 3.00 bits per heavy atom. The van der Waals surface area contributed by atoms with Gasteiger partial charge in [-0.1, -0.05) is 6.07 Å². The molecule has 1 unspecified atom stereocenters. The maximum Gasteiger partial charge on any atom is 0.267 e. The molecule has 0 saturated heterocycles. The lowest BCUT2D eigenvalue weighted by atomic mass is 10.1. The van der Waals surface area contributed by atoms with Crippen LogP contribution in [0.2, 0.25) is 0 Å². The number of ether oxygens (including phenoxy) is 1. The van der Waals surface area contributed by atoms with Crippen molar-refractivity contribution >= 4 is 17.5 Å². The van der Waals surface area contributed by atoms with Crippen molar-refractivity contribution in [3.63, 3.8) is 0 Å². The molecule has 0 radical (unpaired) electrons. The number of aliphatic hydroxyl groups excluding tert-OH is 1. The zero-order valence-corrected chi connectivity index (χ0v) is 11.5. The van der Waals surface area contributed by atoms with Gasteiger partial charge < -0.3 is 15.2 Å².